The standard InChI is InChI=1S/C6H5ClN4S/c7-1-3-10-5-4(6(12)11-3)8-2-9-5/h2H,1H2,(H2,8,9,10,11,12). The normalized spacial score (nSPS) is 10.8. The van der Waals surface area contributed by atoms with E-state index in [0.29, 0.717) is 22.0 Å². The number of aromatic amines is 2. The van der Waals surface area contributed by atoms with Crippen LogP contribution in [0.2, 0.25) is 0 Å². The topological polar surface area (TPSA) is 57.4 Å². The second-order valence-corrected chi connectivity index (χ2v) is 2.90. The van der Waals surface area contributed by atoms with Crippen molar-refractivity contribution in [3.63, 3.8) is 0 Å². The van der Waals surface area contributed by atoms with Crippen molar-refractivity contribution < 1.29 is 0 Å². The van der Waals surface area contributed by atoms with Gasteiger partial charge in [0, 0.05) is 0 Å². The average molecular weight is 201 g/mol. The molecule has 0 aliphatic carbocycles. The molecule has 4 nitrogen and oxygen atoms in total. The van der Waals surface area contributed by atoms with Gasteiger partial charge in [0.2, 0.25) is 0 Å². The van der Waals surface area contributed by atoms with Crippen LogP contribution in [0.1, 0.15) is 5.82 Å². The fraction of sp³-hybridized carbons (Fsp3) is 0.167. The molecular formula is C6H5ClN4S. The molecule has 2 N–H and O–H groups in total. The Morgan fingerprint density at radius 2 is 2.42 bits per heavy atom. The van der Waals surface area contributed by atoms with E-state index in [9.17, 15) is 0 Å². The third-order valence-corrected chi connectivity index (χ3v) is 2.03. The third-order valence-electron chi connectivity index (χ3n) is 1.48. The summed E-state index contributed by atoms with van der Waals surface area (Å²) in [6.07, 6.45) is 1.57. The van der Waals surface area contributed by atoms with Gasteiger partial charge in [0.15, 0.2) is 10.3 Å². The molecule has 12 heavy (non-hydrogen) atoms. The predicted molar refractivity (Wildman–Crippen MR) is 48.6 cm³/mol. The molecule has 2 heterocycles. The van der Waals surface area contributed by atoms with Crippen LogP contribution in [0.4, 0.5) is 0 Å². The predicted octanol–water partition coefficient (Wildman–Crippen LogP) is 1.75. The Kier molecular flexibility index (Phi) is 1.82. The van der Waals surface area contributed by atoms with E-state index < -0.39 is 0 Å². The first-order valence-electron chi connectivity index (χ1n) is 3.29. The number of rotatable bonds is 1. The van der Waals surface area contributed by atoms with Crippen LogP contribution in [0.3, 0.4) is 0 Å². The summed E-state index contributed by atoms with van der Waals surface area (Å²) in [5.74, 6) is 0.952. The summed E-state index contributed by atoms with van der Waals surface area (Å²) in [6, 6.07) is 0. The summed E-state index contributed by atoms with van der Waals surface area (Å²) < 4.78 is 0.497. The number of fused-ring (bicyclic) bond motifs is 1. The Morgan fingerprint density at radius 3 is 3.17 bits per heavy atom. The van der Waals surface area contributed by atoms with Crippen LogP contribution in [0.5, 0.6) is 0 Å². The number of halogens is 1. The Bertz CT molecular complexity index is 460. The molecule has 0 amide bonds. The molecule has 2 rings (SSSR count). The van der Waals surface area contributed by atoms with E-state index in [4.69, 9.17) is 23.8 Å². The zero-order chi connectivity index (χ0) is 8.55. The zero-order valence-electron chi connectivity index (χ0n) is 5.97. The Labute approximate surface area is 78.0 Å². The first kappa shape index (κ1) is 7.70. The second-order valence-electron chi connectivity index (χ2n) is 2.25. The van der Waals surface area contributed by atoms with E-state index in [1.807, 2.05) is 0 Å². The van der Waals surface area contributed by atoms with Crippen molar-refractivity contribution in [2.24, 2.45) is 0 Å². The summed E-state index contributed by atoms with van der Waals surface area (Å²) in [5, 5.41) is 0. The molecule has 6 heteroatoms. The van der Waals surface area contributed by atoms with E-state index in [2.05, 4.69) is 19.9 Å². The first-order valence-corrected chi connectivity index (χ1v) is 4.24. The van der Waals surface area contributed by atoms with Gasteiger partial charge in [0.25, 0.3) is 0 Å². The molecule has 0 atom stereocenters. The highest BCUT2D eigenvalue weighted by Gasteiger charge is 2.00. The summed E-state index contributed by atoms with van der Waals surface area (Å²) in [6.45, 7) is 0. The highest BCUT2D eigenvalue weighted by molar-refractivity contribution is 7.71. The summed E-state index contributed by atoms with van der Waals surface area (Å²) in [5.41, 5.74) is 1.45. The van der Waals surface area contributed by atoms with Crippen LogP contribution >= 0.6 is 23.8 Å². The minimum atomic E-state index is 0.312. The highest BCUT2D eigenvalue weighted by atomic mass is 35.5. The fourth-order valence-corrected chi connectivity index (χ4v) is 1.35. The molecule has 0 bridgehead atoms. The third kappa shape index (κ3) is 1.11. The summed E-state index contributed by atoms with van der Waals surface area (Å²) in [7, 11) is 0. The van der Waals surface area contributed by atoms with Gasteiger partial charge in [-0.3, -0.25) is 0 Å². The minimum Gasteiger partial charge on any atom is -0.341 e. The lowest BCUT2D eigenvalue weighted by Crippen LogP contribution is -1.92. The van der Waals surface area contributed by atoms with Crippen molar-refractivity contribution >= 4 is 35.0 Å². The number of nitrogens with zero attached hydrogens (tertiary/aromatic N) is 2. The van der Waals surface area contributed by atoms with Gasteiger partial charge in [-0.05, 0) is 0 Å². The lowest BCUT2D eigenvalue weighted by atomic mass is 10.5. The Hall–Kier alpha value is -0.940. The first-order chi connectivity index (χ1) is 5.81. The number of H-pyrrole nitrogens is 2. The molecular weight excluding hydrogens is 196 g/mol. The van der Waals surface area contributed by atoms with Crippen LogP contribution in [0.25, 0.3) is 11.2 Å². The molecule has 0 aliphatic heterocycles. The highest BCUT2D eigenvalue weighted by Crippen LogP contribution is 2.07. The van der Waals surface area contributed by atoms with Crippen LogP contribution in [0.15, 0.2) is 6.33 Å². The summed E-state index contributed by atoms with van der Waals surface area (Å²) in [4.78, 5) is 13.9. The van der Waals surface area contributed by atoms with Crippen molar-refractivity contribution in [2.75, 3.05) is 0 Å². The summed E-state index contributed by atoms with van der Waals surface area (Å²) >= 11 is 10.6. The fourth-order valence-electron chi connectivity index (χ4n) is 0.958. The van der Waals surface area contributed by atoms with Crippen molar-refractivity contribution in [2.45, 2.75) is 5.88 Å². The van der Waals surface area contributed by atoms with E-state index >= 15 is 0 Å². The molecule has 0 saturated carbocycles. The largest absolute Gasteiger partial charge is 0.341 e. The molecule has 0 radical (unpaired) electrons. The van der Waals surface area contributed by atoms with E-state index in [1.165, 1.54) is 0 Å². The average Bonchev–Trinajstić information content (AvgIpc) is 2.52. The molecule has 2 aromatic rings. The smallest absolute Gasteiger partial charge is 0.160 e. The van der Waals surface area contributed by atoms with Crippen LogP contribution in [-0.2, 0) is 5.88 Å². The monoisotopic (exact) mass is 200 g/mol. The molecule has 0 fully saturated rings. The van der Waals surface area contributed by atoms with Gasteiger partial charge < -0.3 is 9.97 Å². The lowest BCUT2D eigenvalue weighted by molar-refractivity contribution is 1.04. The SMILES string of the molecule is S=c1nc(CCl)[nH]c2nc[nH]c12. The van der Waals surface area contributed by atoms with Crippen molar-refractivity contribution in [1.82, 2.24) is 19.9 Å². The van der Waals surface area contributed by atoms with Crippen molar-refractivity contribution in [3.05, 3.63) is 16.8 Å². The quantitative estimate of drug-likeness (QED) is 0.545. The second kappa shape index (κ2) is 2.84. The maximum absolute atomic E-state index is 5.59. The molecule has 0 aliphatic rings. The van der Waals surface area contributed by atoms with Gasteiger partial charge in [-0.1, -0.05) is 12.2 Å². The van der Waals surface area contributed by atoms with Gasteiger partial charge in [-0.15, -0.1) is 11.6 Å². The van der Waals surface area contributed by atoms with Crippen LogP contribution < -0.4 is 0 Å². The molecule has 0 aromatic carbocycles. The number of imidazole rings is 1. The number of nitrogens with one attached hydrogen (secondary N) is 2. The minimum absolute atomic E-state index is 0.312. The number of aromatic nitrogens is 4. The van der Waals surface area contributed by atoms with Crippen LogP contribution in [0, 0.1) is 4.64 Å². The molecule has 0 saturated heterocycles. The maximum Gasteiger partial charge on any atom is 0.160 e. The van der Waals surface area contributed by atoms with Crippen LogP contribution in [-0.4, -0.2) is 19.9 Å². The van der Waals surface area contributed by atoms with Gasteiger partial charge in [0.1, 0.15) is 11.3 Å². The van der Waals surface area contributed by atoms with E-state index in [0.717, 1.165) is 5.52 Å². The Morgan fingerprint density at radius 1 is 1.58 bits per heavy atom. The van der Waals surface area contributed by atoms with Crippen molar-refractivity contribution in [3.8, 4) is 0 Å². The molecule has 62 valence electrons. The number of hydrogen-bond acceptors (Lipinski definition) is 3. The van der Waals surface area contributed by atoms with Crippen molar-refractivity contribution in [1.29, 1.82) is 0 Å². The molecule has 2 aromatic heterocycles. The van der Waals surface area contributed by atoms with Gasteiger partial charge in [0.05, 0.1) is 12.2 Å². The molecule has 0 spiro atoms. The van der Waals surface area contributed by atoms with Gasteiger partial charge in [-0.25, -0.2) is 9.97 Å². The Balaban J connectivity index is 2.84. The lowest BCUT2D eigenvalue weighted by Gasteiger charge is -1.94. The maximum atomic E-state index is 5.59. The zero-order valence-corrected chi connectivity index (χ0v) is 7.54. The molecule has 0 unspecified atom stereocenters. The van der Waals surface area contributed by atoms with Gasteiger partial charge >= 0.3 is 0 Å². The number of hydrogen-bond donors (Lipinski definition) is 2. The van der Waals surface area contributed by atoms with E-state index in [1.54, 1.807) is 6.33 Å². The van der Waals surface area contributed by atoms with Gasteiger partial charge in [-0.2, -0.15) is 0 Å². The number of alkyl halides is 1. The van der Waals surface area contributed by atoms with E-state index in [-0.39, 0.29) is 0 Å².